The van der Waals surface area contributed by atoms with Gasteiger partial charge >= 0.3 is 5.97 Å². The van der Waals surface area contributed by atoms with E-state index in [4.69, 9.17) is 14.2 Å². The van der Waals surface area contributed by atoms with E-state index in [1.54, 1.807) is 0 Å². The number of halogens is 1. The summed E-state index contributed by atoms with van der Waals surface area (Å²) >= 11 is 0. The first-order chi connectivity index (χ1) is 13.4. The second kappa shape index (κ2) is 9.36. The minimum absolute atomic E-state index is 0.0401. The number of benzene rings is 2. The number of amides is 1. The molecule has 0 unspecified atom stereocenters. The van der Waals surface area contributed by atoms with Crippen LogP contribution >= 0.6 is 0 Å². The number of methoxy groups -OCH3 is 2. The molecule has 0 saturated heterocycles. The fourth-order valence-corrected chi connectivity index (χ4v) is 2.30. The number of nitrogens with zero attached hydrogens (tertiary/aromatic N) is 1. The Hall–Kier alpha value is -3.62. The van der Waals surface area contributed by atoms with Gasteiger partial charge < -0.3 is 19.3 Å². The van der Waals surface area contributed by atoms with E-state index in [0.29, 0.717) is 5.75 Å². The maximum atomic E-state index is 12.9. The maximum absolute atomic E-state index is 12.9. The number of aromatic carboxylic acids is 1. The molecule has 0 fully saturated rings. The van der Waals surface area contributed by atoms with E-state index in [9.17, 15) is 19.1 Å². The van der Waals surface area contributed by atoms with E-state index in [1.807, 2.05) is 0 Å². The van der Waals surface area contributed by atoms with Crippen LogP contribution in [-0.2, 0) is 4.79 Å². The van der Waals surface area contributed by atoms with Crippen molar-refractivity contribution in [1.82, 2.24) is 5.43 Å². The zero-order valence-electron chi connectivity index (χ0n) is 15.4. The zero-order valence-corrected chi connectivity index (χ0v) is 15.4. The summed E-state index contributed by atoms with van der Waals surface area (Å²) in [5.41, 5.74) is 2.31. The second-order valence-corrected chi connectivity index (χ2v) is 5.52. The Labute approximate surface area is 160 Å². The molecule has 0 radical (unpaired) electrons. The molecule has 0 bridgehead atoms. The smallest absolute Gasteiger partial charge is 0.340 e. The highest BCUT2D eigenvalue weighted by Crippen LogP contribution is 2.32. The van der Waals surface area contributed by atoms with Crippen molar-refractivity contribution in [1.29, 1.82) is 0 Å². The van der Waals surface area contributed by atoms with Crippen molar-refractivity contribution in [2.45, 2.75) is 13.0 Å². The summed E-state index contributed by atoms with van der Waals surface area (Å²) in [5.74, 6) is -1.62. The van der Waals surface area contributed by atoms with Gasteiger partial charge in [-0.05, 0) is 43.3 Å². The van der Waals surface area contributed by atoms with Crippen LogP contribution in [0.5, 0.6) is 17.2 Å². The molecule has 0 heterocycles. The Morgan fingerprint density at radius 3 is 2.39 bits per heavy atom. The Balaban J connectivity index is 2.10. The monoisotopic (exact) mass is 390 g/mol. The molecule has 1 amide bonds. The Bertz CT molecular complexity index is 883. The summed E-state index contributed by atoms with van der Waals surface area (Å²) in [4.78, 5) is 23.6. The molecule has 0 saturated carbocycles. The summed E-state index contributed by atoms with van der Waals surface area (Å²) in [6.07, 6.45) is 0.264. The van der Waals surface area contributed by atoms with Crippen molar-refractivity contribution in [2.75, 3.05) is 14.2 Å². The molecule has 0 aromatic heterocycles. The van der Waals surface area contributed by atoms with E-state index in [0.717, 1.165) is 0 Å². The normalized spacial score (nSPS) is 11.7. The van der Waals surface area contributed by atoms with Gasteiger partial charge in [0.15, 0.2) is 17.6 Å². The summed E-state index contributed by atoms with van der Waals surface area (Å²) in [6, 6.07) is 8.20. The number of carboxylic acids is 1. The fraction of sp³-hybridized carbons (Fsp3) is 0.211. The third-order valence-corrected chi connectivity index (χ3v) is 3.67. The lowest BCUT2D eigenvalue weighted by Gasteiger charge is -2.13. The molecule has 148 valence electrons. The van der Waals surface area contributed by atoms with Crippen LogP contribution in [0.3, 0.4) is 0 Å². The minimum atomic E-state index is -1.24. The summed E-state index contributed by atoms with van der Waals surface area (Å²) in [5, 5.41) is 13.2. The summed E-state index contributed by atoms with van der Waals surface area (Å²) < 4.78 is 28.5. The van der Waals surface area contributed by atoms with Crippen molar-refractivity contribution in [2.24, 2.45) is 5.10 Å². The molecule has 2 aromatic rings. The van der Waals surface area contributed by atoms with Gasteiger partial charge in [-0.25, -0.2) is 14.6 Å². The number of carboxylic acid groups (broad SMARTS) is 1. The third-order valence-electron chi connectivity index (χ3n) is 3.67. The SMILES string of the molecule is COc1ccc(/C=N\NC(=O)[C@@H](C)Oc2ccc(F)cc2)c(C(=O)O)c1OC. The van der Waals surface area contributed by atoms with Gasteiger partial charge in [-0.1, -0.05) is 0 Å². The van der Waals surface area contributed by atoms with Crippen molar-refractivity contribution < 1.29 is 33.3 Å². The van der Waals surface area contributed by atoms with Crippen LogP contribution in [0.15, 0.2) is 41.5 Å². The standard InChI is InChI=1S/C19H19FN2O6/c1-11(28-14-7-5-13(20)6-8-14)18(23)22-21-10-12-4-9-15(26-2)17(27-3)16(12)19(24)25/h4-11H,1-3H3,(H,22,23)(H,24,25)/b21-10-/t11-/m1/s1. The number of rotatable bonds is 8. The molecule has 28 heavy (non-hydrogen) atoms. The van der Waals surface area contributed by atoms with E-state index in [-0.39, 0.29) is 22.6 Å². The zero-order chi connectivity index (χ0) is 20.7. The predicted molar refractivity (Wildman–Crippen MR) is 98.7 cm³/mol. The predicted octanol–water partition coefficient (Wildman–Crippen LogP) is 2.46. The van der Waals surface area contributed by atoms with Gasteiger partial charge in [-0.2, -0.15) is 5.10 Å². The largest absolute Gasteiger partial charge is 0.493 e. The molecule has 0 aliphatic rings. The second-order valence-electron chi connectivity index (χ2n) is 5.52. The van der Waals surface area contributed by atoms with E-state index >= 15 is 0 Å². The molecule has 8 nitrogen and oxygen atoms in total. The van der Waals surface area contributed by atoms with Crippen molar-refractivity contribution in [3.63, 3.8) is 0 Å². The molecule has 2 aromatic carbocycles. The maximum Gasteiger partial charge on any atom is 0.340 e. The molecule has 2 N–H and O–H groups in total. The first kappa shape index (κ1) is 20.7. The van der Waals surface area contributed by atoms with Crippen LogP contribution in [0, 0.1) is 5.82 Å². The Morgan fingerprint density at radius 1 is 1.14 bits per heavy atom. The van der Waals surface area contributed by atoms with Gasteiger partial charge in [0.25, 0.3) is 5.91 Å². The molecule has 9 heteroatoms. The lowest BCUT2D eigenvalue weighted by atomic mass is 10.1. The molecule has 2 rings (SSSR count). The van der Waals surface area contributed by atoms with Crippen molar-refractivity contribution in [3.8, 4) is 17.2 Å². The van der Waals surface area contributed by atoms with Gasteiger partial charge in [0.2, 0.25) is 0 Å². The number of ether oxygens (including phenoxy) is 3. The van der Waals surface area contributed by atoms with E-state index in [1.165, 1.54) is 63.8 Å². The first-order valence-electron chi connectivity index (χ1n) is 8.10. The topological polar surface area (TPSA) is 106 Å². The molecule has 0 aliphatic carbocycles. The van der Waals surface area contributed by atoms with Crippen LogP contribution in [-0.4, -0.2) is 43.5 Å². The average molecular weight is 390 g/mol. The van der Waals surface area contributed by atoms with Crippen LogP contribution in [0.4, 0.5) is 4.39 Å². The number of hydrazone groups is 1. The van der Waals surface area contributed by atoms with Crippen molar-refractivity contribution >= 4 is 18.1 Å². The van der Waals surface area contributed by atoms with E-state index in [2.05, 4.69) is 10.5 Å². The molecule has 0 aliphatic heterocycles. The average Bonchev–Trinajstić information content (AvgIpc) is 2.68. The number of carbonyl (C=O) groups excluding carboxylic acids is 1. The van der Waals surface area contributed by atoms with E-state index < -0.39 is 23.8 Å². The van der Waals surface area contributed by atoms with Gasteiger partial charge in [0.05, 0.1) is 20.4 Å². The van der Waals surface area contributed by atoms with Gasteiger partial charge in [-0.15, -0.1) is 0 Å². The van der Waals surface area contributed by atoms with Crippen LogP contribution in [0.2, 0.25) is 0 Å². The summed E-state index contributed by atoms with van der Waals surface area (Å²) in [6.45, 7) is 1.49. The highest BCUT2D eigenvalue weighted by atomic mass is 19.1. The highest BCUT2D eigenvalue weighted by Gasteiger charge is 2.20. The number of carbonyl (C=O) groups is 2. The number of hydrogen-bond donors (Lipinski definition) is 2. The van der Waals surface area contributed by atoms with Crippen LogP contribution < -0.4 is 19.6 Å². The highest BCUT2D eigenvalue weighted by molar-refractivity contribution is 6.02. The summed E-state index contributed by atoms with van der Waals surface area (Å²) in [7, 11) is 2.71. The van der Waals surface area contributed by atoms with Crippen LogP contribution in [0.1, 0.15) is 22.8 Å². The first-order valence-corrected chi connectivity index (χ1v) is 8.10. The lowest BCUT2D eigenvalue weighted by Crippen LogP contribution is -2.33. The lowest BCUT2D eigenvalue weighted by molar-refractivity contribution is -0.127. The Morgan fingerprint density at radius 2 is 1.82 bits per heavy atom. The number of hydrogen-bond acceptors (Lipinski definition) is 6. The quantitative estimate of drug-likeness (QED) is 0.530. The molecule has 0 spiro atoms. The molecular weight excluding hydrogens is 371 g/mol. The van der Waals surface area contributed by atoms with Gasteiger partial charge in [-0.3, -0.25) is 4.79 Å². The molecular formula is C19H19FN2O6. The van der Waals surface area contributed by atoms with Crippen molar-refractivity contribution in [3.05, 3.63) is 53.3 Å². The fourth-order valence-electron chi connectivity index (χ4n) is 2.30. The van der Waals surface area contributed by atoms with Gasteiger partial charge in [0.1, 0.15) is 17.1 Å². The number of nitrogens with one attached hydrogen (secondary N) is 1. The molecule has 1 atom stereocenters. The van der Waals surface area contributed by atoms with Gasteiger partial charge in [0, 0.05) is 5.56 Å². The Kier molecular flexibility index (Phi) is 6.91. The van der Waals surface area contributed by atoms with Crippen LogP contribution in [0.25, 0.3) is 0 Å². The minimum Gasteiger partial charge on any atom is -0.493 e. The third kappa shape index (κ3) is 4.97.